The summed E-state index contributed by atoms with van der Waals surface area (Å²) in [7, 11) is -5.33. The summed E-state index contributed by atoms with van der Waals surface area (Å²) in [5.74, 6) is 0.394. The molecule has 0 rings (SSSR count). The van der Waals surface area contributed by atoms with Crippen LogP contribution in [0.1, 0.15) is 52.4 Å². The van der Waals surface area contributed by atoms with E-state index >= 15 is 0 Å². The summed E-state index contributed by atoms with van der Waals surface area (Å²) in [4.78, 5) is 11.8. The lowest BCUT2D eigenvalue weighted by molar-refractivity contribution is -0.116. The molecule has 0 aromatic heterocycles. The van der Waals surface area contributed by atoms with Gasteiger partial charge >= 0.3 is 0 Å². The zero-order valence-electron chi connectivity index (χ0n) is 12.6. The van der Waals surface area contributed by atoms with Gasteiger partial charge in [0.1, 0.15) is 5.78 Å². The first kappa shape index (κ1) is 18.9. The summed E-state index contributed by atoms with van der Waals surface area (Å²) in [6, 6.07) is 0. The number of ketones is 1. The lowest BCUT2D eigenvalue weighted by atomic mass is 10.2. The summed E-state index contributed by atoms with van der Waals surface area (Å²) in [5.41, 5.74) is 0. The van der Waals surface area contributed by atoms with E-state index in [0.717, 1.165) is 25.7 Å². The zero-order valence-corrected chi connectivity index (χ0v) is 14.2. The van der Waals surface area contributed by atoms with Crippen LogP contribution in [0.25, 0.3) is 0 Å². The van der Waals surface area contributed by atoms with Crippen LogP contribution in [0.15, 0.2) is 0 Å². The van der Waals surface area contributed by atoms with Crippen LogP contribution >= 0.6 is 10.3 Å². The van der Waals surface area contributed by atoms with Crippen LogP contribution in [0.2, 0.25) is 0 Å². The highest BCUT2D eigenvalue weighted by Gasteiger charge is 2.24. The van der Waals surface area contributed by atoms with E-state index in [2.05, 4.69) is 6.92 Å². The first-order chi connectivity index (χ1) is 8.72. The Morgan fingerprint density at radius 3 is 2.11 bits per heavy atom. The Balaban J connectivity index is 4.26. The molecule has 0 saturated heterocycles. The molecule has 0 spiro atoms. The van der Waals surface area contributed by atoms with Crippen LogP contribution in [0.5, 0.6) is 0 Å². The average Bonchev–Trinajstić information content (AvgIpc) is 2.24. The van der Waals surface area contributed by atoms with Crippen molar-refractivity contribution >= 4 is 26.2 Å². The Hall–Kier alpha value is -0.0700. The second-order valence-corrected chi connectivity index (χ2v) is 10.5. The molecule has 4 nitrogen and oxygen atoms in total. The molecule has 0 saturated carbocycles. The van der Waals surface area contributed by atoms with Gasteiger partial charge in [0.25, 0.3) is 10.1 Å². The van der Waals surface area contributed by atoms with Crippen LogP contribution in [-0.2, 0) is 18.5 Å². The number of hydrogen-bond acceptors (Lipinski definition) is 4. The summed E-state index contributed by atoms with van der Waals surface area (Å²) in [6.45, 7) is 4.02. The van der Waals surface area contributed by atoms with Crippen molar-refractivity contribution in [2.45, 2.75) is 52.4 Å². The highest BCUT2D eigenvalue weighted by molar-refractivity contribution is 8.32. The minimum absolute atomic E-state index is 0.0456. The van der Waals surface area contributed by atoms with Gasteiger partial charge in [-0.2, -0.15) is 8.42 Å². The van der Waals surface area contributed by atoms with Gasteiger partial charge < -0.3 is 0 Å². The molecule has 6 heteroatoms. The maximum absolute atomic E-state index is 11.8. The average molecular weight is 312 g/mol. The Kier molecular flexibility index (Phi) is 8.94. The third-order valence-electron chi connectivity index (χ3n) is 2.60. The third-order valence-corrected chi connectivity index (χ3v) is 6.71. The molecule has 0 amide bonds. The minimum atomic E-state index is -3.49. The topological polar surface area (TPSA) is 60.4 Å². The molecule has 0 aliphatic heterocycles. The number of rotatable bonds is 11. The fraction of sp³-hybridized carbons (Fsp3) is 0.923. The molecule has 19 heavy (non-hydrogen) atoms. The van der Waals surface area contributed by atoms with Crippen molar-refractivity contribution in [2.24, 2.45) is 0 Å². The maximum Gasteiger partial charge on any atom is 0.276 e. The third kappa shape index (κ3) is 10.4. The molecule has 0 aromatic rings. The molecular formula is C13H28O4S2. The summed E-state index contributed by atoms with van der Waals surface area (Å²) < 4.78 is 28.7. The van der Waals surface area contributed by atoms with Crippen LogP contribution in [0.4, 0.5) is 0 Å². The Bertz CT molecular complexity index is 361. The Morgan fingerprint density at radius 2 is 1.58 bits per heavy atom. The van der Waals surface area contributed by atoms with Gasteiger partial charge in [-0.05, 0) is 25.4 Å². The van der Waals surface area contributed by atoms with Gasteiger partial charge in [-0.3, -0.25) is 4.79 Å². The number of hydrogen-bond donors (Lipinski definition) is 0. The van der Waals surface area contributed by atoms with E-state index in [0.29, 0.717) is 12.8 Å². The predicted molar refractivity (Wildman–Crippen MR) is 83.2 cm³/mol. The number of carbonyl (C=O) groups excluding carboxylic acids is 1. The Morgan fingerprint density at radius 1 is 1.00 bits per heavy atom. The largest absolute Gasteiger partial charge is 0.299 e. The quantitative estimate of drug-likeness (QED) is 0.549. The molecule has 0 radical (unpaired) electrons. The van der Waals surface area contributed by atoms with Crippen LogP contribution in [-0.4, -0.2) is 38.2 Å². The molecule has 116 valence electrons. The highest BCUT2D eigenvalue weighted by atomic mass is 32.3. The van der Waals surface area contributed by atoms with Crippen molar-refractivity contribution < 1.29 is 16.8 Å². The van der Waals surface area contributed by atoms with E-state index in [1.165, 1.54) is 0 Å². The lowest BCUT2D eigenvalue weighted by Gasteiger charge is -2.29. The van der Waals surface area contributed by atoms with Crippen LogP contribution in [0, 0.1) is 0 Å². The van der Waals surface area contributed by atoms with Crippen LogP contribution in [0.3, 0.4) is 0 Å². The van der Waals surface area contributed by atoms with E-state index in [9.17, 15) is 13.2 Å². The molecule has 0 fully saturated rings. The first-order valence-corrected chi connectivity index (χ1v) is 11.0. The molecule has 0 aromatic carbocycles. The highest BCUT2D eigenvalue weighted by Crippen LogP contribution is 2.43. The van der Waals surface area contributed by atoms with Crippen molar-refractivity contribution in [3.8, 4) is 0 Å². The molecule has 0 atom stereocenters. The molecule has 0 bridgehead atoms. The number of Topliss-reactive ketones (excluding diaryl/α,β-unsaturated/α-hetero) is 1. The molecule has 0 aliphatic rings. The van der Waals surface area contributed by atoms with Crippen LogP contribution < -0.4 is 0 Å². The van der Waals surface area contributed by atoms with Gasteiger partial charge in [-0.1, -0.05) is 33.1 Å². The minimum Gasteiger partial charge on any atom is -0.299 e. The van der Waals surface area contributed by atoms with E-state index in [-0.39, 0.29) is 17.3 Å². The van der Waals surface area contributed by atoms with Crippen molar-refractivity contribution in [3.05, 3.63) is 0 Å². The van der Waals surface area contributed by atoms with Gasteiger partial charge in [0.05, 0.1) is 11.5 Å². The van der Waals surface area contributed by atoms with Crippen molar-refractivity contribution in [1.82, 2.24) is 0 Å². The lowest BCUT2D eigenvalue weighted by Crippen LogP contribution is -2.19. The Labute approximate surface area is 119 Å². The van der Waals surface area contributed by atoms with Crippen molar-refractivity contribution in [1.29, 1.82) is 0 Å². The molecule has 0 heterocycles. The standard InChI is InChI=1S/C13H28O4S2/c1-5-7-9-10-13(14)12-18(3,4)17-19(15,16)11-8-6-2/h5-12H2,1-4H3. The van der Waals surface area contributed by atoms with E-state index in [1.807, 2.05) is 6.92 Å². The van der Waals surface area contributed by atoms with Gasteiger partial charge in [0, 0.05) is 6.42 Å². The summed E-state index contributed by atoms with van der Waals surface area (Å²) >= 11 is 0. The van der Waals surface area contributed by atoms with E-state index < -0.39 is 20.4 Å². The van der Waals surface area contributed by atoms with E-state index in [1.54, 1.807) is 12.5 Å². The van der Waals surface area contributed by atoms with Gasteiger partial charge in [0.2, 0.25) is 0 Å². The van der Waals surface area contributed by atoms with Gasteiger partial charge in [0.15, 0.2) is 0 Å². The predicted octanol–water partition coefficient (Wildman–Crippen LogP) is 3.26. The summed E-state index contributed by atoms with van der Waals surface area (Å²) in [6.07, 6.45) is 8.43. The summed E-state index contributed by atoms with van der Waals surface area (Å²) in [5, 5.41) is 0. The van der Waals surface area contributed by atoms with E-state index in [4.69, 9.17) is 3.63 Å². The number of carbonyl (C=O) groups is 1. The molecule has 0 aliphatic carbocycles. The maximum atomic E-state index is 11.8. The normalized spacial score (nSPS) is 13.5. The molecule has 0 N–H and O–H groups in total. The SMILES string of the molecule is CCCCCC(=O)CS(C)(C)OS(=O)(=O)CCCC. The fourth-order valence-corrected chi connectivity index (χ4v) is 5.96. The van der Waals surface area contributed by atoms with Crippen molar-refractivity contribution in [3.63, 3.8) is 0 Å². The number of unbranched alkanes of at least 4 members (excludes halogenated alkanes) is 3. The smallest absolute Gasteiger partial charge is 0.276 e. The van der Waals surface area contributed by atoms with Gasteiger partial charge in [-0.15, -0.1) is 10.3 Å². The zero-order chi connectivity index (χ0) is 14.9. The molecule has 0 unspecified atom stereocenters. The fourth-order valence-electron chi connectivity index (χ4n) is 1.69. The van der Waals surface area contributed by atoms with Gasteiger partial charge in [-0.25, -0.2) is 3.63 Å². The van der Waals surface area contributed by atoms with Crippen molar-refractivity contribution in [2.75, 3.05) is 24.0 Å². The first-order valence-electron chi connectivity index (χ1n) is 6.89. The second kappa shape index (κ2) is 8.97. The second-order valence-electron chi connectivity index (χ2n) is 5.26. The monoisotopic (exact) mass is 312 g/mol. The molecular weight excluding hydrogens is 284 g/mol.